The highest BCUT2D eigenvalue weighted by Gasteiger charge is 2.25. The first-order valence-electron chi connectivity index (χ1n) is 6.75. The van der Waals surface area contributed by atoms with Crippen LogP contribution in [-0.4, -0.2) is 15.8 Å². The van der Waals surface area contributed by atoms with Gasteiger partial charge in [-0.05, 0) is 23.3 Å². The van der Waals surface area contributed by atoms with Crippen LogP contribution < -0.4 is 0 Å². The van der Waals surface area contributed by atoms with Crippen LogP contribution in [0, 0.1) is 0 Å². The topological polar surface area (TPSA) is 36.1 Å². The lowest BCUT2D eigenvalue weighted by Crippen LogP contribution is -2.25. The second-order valence-corrected chi connectivity index (χ2v) is 5.18. The van der Waals surface area contributed by atoms with Crippen LogP contribution in [0.25, 0.3) is 10.9 Å². The lowest BCUT2D eigenvalue weighted by Gasteiger charge is -2.16. The Balaban J connectivity index is 1.71. The minimum absolute atomic E-state index is 0.0919. The summed E-state index contributed by atoms with van der Waals surface area (Å²) in [6.45, 7) is 1.40. The number of hydrogen-bond acceptors (Lipinski definition) is 1. The van der Waals surface area contributed by atoms with E-state index in [1.807, 2.05) is 47.5 Å². The minimum atomic E-state index is 0.0919. The Morgan fingerprint density at radius 2 is 1.70 bits per heavy atom. The molecule has 3 aromatic rings. The molecule has 0 saturated carbocycles. The number of hydrogen-bond donors (Lipinski definition) is 1. The molecule has 0 radical (unpaired) electrons. The van der Waals surface area contributed by atoms with E-state index in [0.29, 0.717) is 13.1 Å². The van der Waals surface area contributed by atoms with Crippen molar-refractivity contribution in [3.8, 4) is 0 Å². The normalized spacial score (nSPS) is 13.7. The van der Waals surface area contributed by atoms with Gasteiger partial charge in [0.25, 0.3) is 5.91 Å². The summed E-state index contributed by atoms with van der Waals surface area (Å²) in [6, 6.07) is 16.1. The summed E-state index contributed by atoms with van der Waals surface area (Å²) in [5.41, 5.74) is 4.17. The van der Waals surface area contributed by atoms with Crippen LogP contribution in [0.15, 0.2) is 54.7 Å². The van der Waals surface area contributed by atoms with Gasteiger partial charge in [-0.15, -0.1) is 0 Å². The van der Waals surface area contributed by atoms with Crippen LogP contribution in [0.4, 0.5) is 0 Å². The third-order valence-corrected chi connectivity index (χ3v) is 3.95. The fraction of sp³-hybridized carbons (Fsp3) is 0.118. The Bertz CT molecular complexity index is 778. The van der Waals surface area contributed by atoms with E-state index in [4.69, 9.17) is 0 Å². The molecular formula is C17H14N2O. The molecule has 1 aromatic heterocycles. The molecular weight excluding hydrogens is 248 g/mol. The van der Waals surface area contributed by atoms with Gasteiger partial charge in [0.2, 0.25) is 0 Å². The molecule has 0 fully saturated rings. The molecule has 2 heterocycles. The van der Waals surface area contributed by atoms with Crippen LogP contribution in [0.1, 0.15) is 21.5 Å². The maximum Gasteiger partial charge on any atom is 0.256 e. The lowest BCUT2D eigenvalue weighted by atomic mass is 10.1. The summed E-state index contributed by atoms with van der Waals surface area (Å²) < 4.78 is 0. The molecule has 0 aliphatic carbocycles. The average Bonchev–Trinajstić information content (AvgIpc) is 3.12. The van der Waals surface area contributed by atoms with E-state index in [1.54, 1.807) is 0 Å². The summed E-state index contributed by atoms with van der Waals surface area (Å²) in [5, 5.41) is 1.08. The van der Waals surface area contributed by atoms with Gasteiger partial charge in [0.05, 0.1) is 11.1 Å². The van der Waals surface area contributed by atoms with E-state index in [0.717, 1.165) is 16.5 Å². The van der Waals surface area contributed by atoms with Crippen molar-refractivity contribution < 1.29 is 4.79 Å². The second kappa shape index (κ2) is 4.23. The van der Waals surface area contributed by atoms with Crippen LogP contribution >= 0.6 is 0 Å². The molecule has 98 valence electrons. The number of aromatic nitrogens is 1. The maximum atomic E-state index is 12.7. The zero-order valence-electron chi connectivity index (χ0n) is 11.0. The Labute approximate surface area is 116 Å². The Kier molecular flexibility index (Phi) is 2.39. The Hall–Kier alpha value is -2.55. The number of aromatic amines is 1. The predicted molar refractivity (Wildman–Crippen MR) is 78.3 cm³/mol. The van der Waals surface area contributed by atoms with E-state index >= 15 is 0 Å². The molecule has 0 spiro atoms. The number of nitrogens with one attached hydrogen (secondary N) is 1. The third-order valence-electron chi connectivity index (χ3n) is 3.95. The summed E-state index contributed by atoms with van der Waals surface area (Å²) in [7, 11) is 0. The van der Waals surface area contributed by atoms with Crippen LogP contribution in [0.5, 0.6) is 0 Å². The van der Waals surface area contributed by atoms with Gasteiger partial charge < -0.3 is 9.88 Å². The van der Waals surface area contributed by atoms with Crippen molar-refractivity contribution in [1.82, 2.24) is 9.88 Å². The predicted octanol–water partition coefficient (Wildman–Crippen LogP) is 3.32. The smallest absolute Gasteiger partial charge is 0.256 e. The van der Waals surface area contributed by atoms with Crippen molar-refractivity contribution in [2.75, 3.05) is 0 Å². The van der Waals surface area contributed by atoms with Gasteiger partial charge in [-0.25, -0.2) is 0 Å². The highest BCUT2D eigenvalue weighted by Crippen LogP contribution is 2.26. The highest BCUT2D eigenvalue weighted by molar-refractivity contribution is 6.05. The number of carbonyl (C=O) groups is 1. The summed E-state index contributed by atoms with van der Waals surface area (Å²) in [5.74, 6) is 0.0919. The number of nitrogens with zero attached hydrogens (tertiary/aromatic N) is 1. The van der Waals surface area contributed by atoms with Crippen molar-refractivity contribution in [2.24, 2.45) is 0 Å². The average molecular weight is 262 g/mol. The zero-order chi connectivity index (χ0) is 13.5. The van der Waals surface area contributed by atoms with Crippen molar-refractivity contribution in [3.05, 3.63) is 71.4 Å². The van der Waals surface area contributed by atoms with Crippen LogP contribution in [0.3, 0.4) is 0 Å². The highest BCUT2D eigenvalue weighted by atomic mass is 16.2. The van der Waals surface area contributed by atoms with Gasteiger partial charge in [-0.2, -0.15) is 0 Å². The van der Waals surface area contributed by atoms with E-state index in [9.17, 15) is 4.79 Å². The molecule has 0 unspecified atom stereocenters. The molecule has 2 aromatic carbocycles. The molecule has 1 N–H and O–H groups in total. The molecule has 4 rings (SSSR count). The molecule has 1 amide bonds. The minimum Gasteiger partial charge on any atom is -0.361 e. The molecule has 0 saturated heterocycles. The van der Waals surface area contributed by atoms with Gasteiger partial charge in [0.15, 0.2) is 0 Å². The van der Waals surface area contributed by atoms with E-state index in [2.05, 4.69) is 17.1 Å². The second-order valence-electron chi connectivity index (χ2n) is 5.18. The van der Waals surface area contributed by atoms with Crippen LogP contribution in [-0.2, 0) is 13.1 Å². The Morgan fingerprint density at radius 1 is 0.950 bits per heavy atom. The van der Waals surface area contributed by atoms with Crippen molar-refractivity contribution >= 4 is 16.8 Å². The number of carbonyl (C=O) groups excluding carboxylic acids is 1. The quantitative estimate of drug-likeness (QED) is 0.717. The van der Waals surface area contributed by atoms with Crippen molar-refractivity contribution in [3.63, 3.8) is 0 Å². The number of fused-ring (bicyclic) bond motifs is 2. The first-order valence-corrected chi connectivity index (χ1v) is 6.75. The van der Waals surface area contributed by atoms with Gasteiger partial charge in [0, 0.05) is 24.7 Å². The summed E-state index contributed by atoms with van der Waals surface area (Å²) in [6.07, 6.45) is 1.88. The third kappa shape index (κ3) is 1.63. The molecule has 0 bridgehead atoms. The largest absolute Gasteiger partial charge is 0.361 e. The fourth-order valence-corrected chi connectivity index (χ4v) is 2.91. The number of amides is 1. The van der Waals surface area contributed by atoms with E-state index in [1.165, 1.54) is 11.1 Å². The first kappa shape index (κ1) is 11.3. The van der Waals surface area contributed by atoms with Gasteiger partial charge in [-0.1, -0.05) is 36.4 Å². The van der Waals surface area contributed by atoms with Crippen molar-refractivity contribution in [2.45, 2.75) is 13.1 Å². The SMILES string of the molecule is O=C(c1cccc2cc[nH]c12)N1Cc2ccccc2C1. The van der Waals surface area contributed by atoms with Crippen molar-refractivity contribution in [1.29, 1.82) is 0 Å². The fourth-order valence-electron chi connectivity index (χ4n) is 2.91. The van der Waals surface area contributed by atoms with Gasteiger partial charge in [0.1, 0.15) is 0 Å². The van der Waals surface area contributed by atoms with Gasteiger partial charge in [-0.3, -0.25) is 4.79 Å². The number of para-hydroxylation sites is 1. The molecule has 3 nitrogen and oxygen atoms in total. The first-order chi connectivity index (χ1) is 9.83. The van der Waals surface area contributed by atoms with E-state index in [-0.39, 0.29) is 5.91 Å². The standard InChI is InChI=1S/C17H14N2O/c20-17(15-7-3-6-12-8-9-18-16(12)15)19-10-13-4-1-2-5-14(13)11-19/h1-9,18H,10-11H2. The molecule has 20 heavy (non-hydrogen) atoms. The van der Waals surface area contributed by atoms with E-state index < -0.39 is 0 Å². The molecule has 3 heteroatoms. The molecule has 1 aliphatic rings. The van der Waals surface area contributed by atoms with Crippen LogP contribution in [0.2, 0.25) is 0 Å². The monoisotopic (exact) mass is 262 g/mol. The maximum absolute atomic E-state index is 12.7. The number of benzene rings is 2. The lowest BCUT2D eigenvalue weighted by molar-refractivity contribution is 0.0753. The molecule has 1 aliphatic heterocycles. The summed E-state index contributed by atoms with van der Waals surface area (Å²) >= 11 is 0. The Morgan fingerprint density at radius 3 is 2.45 bits per heavy atom. The number of rotatable bonds is 1. The molecule has 0 atom stereocenters. The zero-order valence-corrected chi connectivity index (χ0v) is 11.0. The summed E-state index contributed by atoms with van der Waals surface area (Å²) in [4.78, 5) is 17.8. The number of H-pyrrole nitrogens is 1. The van der Waals surface area contributed by atoms with Gasteiger partial charge >= 0.3 is 0 Å².